The third kappa shape index (κ3) is 6.13. The standard InChI is InChI=1S/C18H38N2/c1-6-7-10-13-20(17(4)5)15-18(11-8-9-12-18)14-19-16(2)3/h16-17,19H,6-15H2,1-5H3. The van der Waals surface area contributed by atoms with Crippen LogP contribution in [0.15, 0.2) is 0 Å². The molecule has 1 rings (SSSR count). The molecule has 2 nitrogen and oxygen atoms in total. The molecule has 0 heterocycles. The fraction of sp³-hybridized carbons (Fsp3) is 1.00. The molecule has 0 aliphatic heterocycles. The highest BCUT2D eigenvalue weighted by atomic mass is 15.2. The highest BCUT2D eigenvalue weighted by molar-refractivity contribution is 4.90. The van der Waals surface area contributed by atoms with E-state index in [1.807, 2.05) is 0 Å². The summed E-state index contributed by atoms with van der Waals surface area (Å²) in [7, 11) is 0. The predicted molar refractivity (Wildman–Crippen MR) is 90.3 cm³/mol. The van der Waals surface area contributed by atoms with Crippen molar-refractivity contribution >= 4 is 0 Å². The molecule has 0 unspecified atom stereocenters. The van der Waals surface area contributed by atoms with Crippen molar-refractivity contribution in [2.75, 3.05) is 19.6 Å². The smallest absolute Gasteiger partial charge is 0.00528 e. The number of nitrogens with zero attached hydrogens (tertiary/aromatic N) is 1. The SMILES string of the molecule is CCCCCN(CC1(CNC(C)C)CCCC1)C(C)C. The van der Waals surface area contributed by atoms with Crippen molar-refractivity contribution in [2.24, 2.45) is 5.41 Å². The Morgan fingerprint density at radius 2 is 1.70 bits per heavy atom. The third-order valence-electron chi connectivity index (χ3n) is 4.87. The lowest BCUT2D eigenvalue weighted by Gasteiger charge is -2.38. The summed E-state index contributed by atoms with van der Waals surface area (Å²) in [4.78, 5) is 2.74. The van der Waals surface area contributed by atoms with E-state index in [1.54, 1.807) is 0 Å². The Hall–Kier alpha value is -0.0800. The average Bonchev–Trinajstić information content (AvgIpc) is 2.84. The third-order valence-corrected chi connectivity index (χ3v) is 4.87. The van der Waals surface area contributed by atoms with Gasteiger partial charge in [0.05, 0.1) is 0 Å². The number of rotatable bonds is 10. The van der Waals surface area contributed by atoms with E-state index >= 15 is 0 Å². The average molecular weight is 283 g/mol. The second kappa shape index (κ2) is 9.04. The van der Waals surface area contributed by atoms with Crippen molar-refractivity contribution in [1.29, 1.82) is 0 Å². The molecule has 2 heteroatoms. The molecule has 120 valence electrons. The van der Waals surface area contributed by atoms with Gasteiger partial charge in [0.1, 0.15) is 0 Å². The zero-order chi connectivity index (χ0) is 15.0. The maximum Gasteiger partial charge on any atom is 0.00528 e. The minimum atomic E-state index is 0.542. The Morgan fingerprint density at radius 3 is 2.20 bits per heavy atom. The van der Waals surface area contributed by atoms with Crippen LogP contribution in [0.2, 0.25) is 0 Å². The molecular weight excluding hydrogens is 244 g/mol. The zero-order valence-electron chi connectivity index (χ0n) is 14.7. The monoisotopic (exact) mass is 282 g/mol. The number of unbranched alkanes of at least 4 members (excludes halogenated alkanes) is 2. The van der Waals surface area contributed by atoms with Crippen molar-refractivity contribution in [2.45, 2.75) is 91.6 Å². The van der Waals surface area contributed by atoms with Crippen LogP contribution in [0.25, 0.3) is 0 Å². The van der Waals surface area contributed by atoms with Gasteiger partial charge in [-0.25, -0.2) is 0 Å². The lowest BCUT2D eigenvalue weighted by molar-refractivity contribution is 0.117. The predicted octanol–water partition coefficient (Wildman–Crippen LogP) is 4.45. The molecule has 0 aromatic heterocycles. The Bertz CT molecular complexity index is 242. The van der Waals surface area contributed by atoms with Gasteiger partial charge >= 0.3 is 0 Å². The Morgan fingerprint density at radius 1 is 1.05 bits per heavy atom. The van der Waals surface area contributed by atoms with Crippen LogP contribution in [-0.2, 0) is 0 Å². The van der Waals surface area contributed by atoms with Crippen molar-refractivity contribution < 1.29 is 0 Å². The Kier molecular flexibility index (Phi) is 8.13. The van der Waals surface area contributed by atoms with E-state index in [2.05, 4.69) is 44.8 Å². The summed E-state index contributed by atoms with van der Waals surface area (Å²) in [5, 5.41) is 3.71. The minimum Gasteiger partial charge on any atom is -0.314 e. The molecule has 1 saturated carbocycles. The molecule has 0 atom stereocenters. The Balaban J connectivity index is 2.55. The van der Waals surface area contributed by atoms with Crippen molar-refractivity contribution in [1.82, 2.24) is 10.2 Å². The summed E-state index contributed by atoms with van der Waals surface area (Å²) in [6.45, 7) is 15.4. The molecule has 0 aromatic carbocycles. The van der Waals surface area contributed by atoms with Crippen LogP contribution in [0.1, 0.15) is 79.6 Å². The van der Waals surface area contributed by atoms with Gasteiger partial charge < -0.3 is 10.2 Å². The molecule has 0 aromatic rings. The van der Waals surface area contributed by atoms with Crippen molar-refractivity contribution in [3.05, 3.63) is 0 Å². The summed E-state index contributed by atoms with van der Waals surface area (Å²) in [6, 6.07) is 1.29. The van der Waals surface area contributed by atoms with Gasteiger partial charge in [0.15, 0.2) is 0 Å². The van der Waals surface area contributed by atoms with Gasteiger partial charge in [-0.3, -0.25) is 0 Å². The summed E-state index contributed by atoms with van der Waals surface area (Å²) in [5.74, 6) is 0. The molecule has 0 radical (unpaired) electrons. The van der Waals surface area contributed by atoms with Gasteiger partial charge in [-0.1, -0.05) is 46.5 Å². The topological polar surface area (TPSA) is 15.3 Å². The minimum absolute atomic E-state index is 0.542. The van der Waals surface area contributed by atoms with Crippen LogP contribution >= 0.6 is 0 Å². The number of hydrogen-bond acceptors (Lipinski definition) is 2. The van der Waals surface area contributed by atoms with Gasteiger partial charge in [0.2, 0.25) is 0 Å². The maximum atomic E-state index is 3.71. The highest BCUT2D eigenvalue weighted by Crippen LogP contribution is 2.38. The summed E-state index contributed by atoms with van der Waals surface area (Å²) >= 11 is 0. The normalized spacial score (nSPS) is 18.6. The van der Waals surface area contributed by atoms with Gasteiger partial charge in [-0.2, -0.15) is 0 Å². The van der Waals surface area contributed by atoms with E-state index in [4.69, 9.17) is 0 Å². The molecule has 1 aliphatic rings. The van der Waals surface area contributed by atoms with Crippen LogP contribution in [0.3, 0.4) is 0 Å². The van der Waals surface area contributed by atoms with Crippen LogP contribution in [-0.4, -0.2) is 36.6 Å². The molecule has 0 saturated heterocycles. The second-order valence-electron chi connectivity index (χ2n) is 7.51. The lowest BCUT2D eigenvalue weighted by atomic mass is 9.84. The summed E-state index contributed by atoms with van der Waals surface area (Å²) < 4.78 is 0. The first-order chi connectivity index (χ1) is 9.49. The van der Waals surface area contributed by atoms with E-state index in [1.165, 1.54) is 64.6 Å². The molecule has 0 bridgehead atoms. The van der Waals surface area contributed by atoms with Crippen LogP contribution in [0.5, 0.6) is 0 Å². The fourth-order valence-corrected chi connectivity index (χ4v) is 3.45. The van der Waals surface area contributed by atoms with E-state index in [0.717, 1.165) is 0 Å². The van der Waals surface area contributed by atoms with Crippen LogP contribution < -0.4 is 5.32 Å². The van der Waals surface area contributed by atoms with E-state index in [-0.39, 0.29) is 0 Å². The molecule has 0 spiro atoms. The van der Waals surface area contributed by atoms with E-state index in [0.29, 0.717) is 17.5 Å². The van der Waals surface area contributed by atoms with Crippen molar-refractivity contribution in [3.8, 4) is 0 Å². The quantitative estimate of drug-likeness (QED) is 0.596. The zero-order valence-corrected chi connectivity index (χ0v) is 14.7. The van der Waals surface area contributed by atoms with E-state index in [9.17, 15) is 0 Å². The molecule has 1 N–H and O–H groups in total. The van der Waals surface area contributed by atoms with E-state index < -0.39 is 0 Å². The van der Waals surface area contributed by atoms with Crippen molar-refractivity contribution in [3.63, 3.8) is 0 Å². The van der Waals surface area contributed by atoms with Crippen LogP contribution in [0, 0.1) is 5.41 Å². The lowest BCUT2D eigenvalue weighted by Crippen LogP contribution is -2.46. The highest BCUT2D eigenvalue weighted by Gasteiger charge is 2.35. The molecular formula is C18H38N2. The molecule has 1 fully saturated rings. The summed E-state index contributed by atoms with van der Waals surface area (Å²) in [6.07, 6.45) is 9.77. The fourth-order valence-electron chi connectivity index (χ4n) is 3.45. The van der Waals surface area contributed by atoms with Gasteiger partial charge in [0, 0.05) is 25.2 Å². The number of hydrogen-bond donors (Lipinski definition) is 1. The first-order valence-electron chi connectivity index (χ1n) is 8.96. The van der Waals surface area contributed by atoms with Gasteiger partial charge in [-0.15, -0.1) is 0 Å². The summed E-state index contributed by atoms with van der Waals surface area (Å²) in [5.41, 5.74) is 0.542. The number of nitrogens with one attached hydrogen (secondary N) is 1. The first kappa shape index (κ1) is 18.0. The molecule has 20 heavy (non-hydrogen) atoms. The molecule has 0 amide bonds. The Labute approximate surface area is 127 Å². The van der Waals surface area contributed by atoms with Crippen LogP contribution in [0.4, 0.5) is 0 Å². The maximum absolute atomic E-state index is 3.71. The van der Waals surface area contributed by atoms with Gasteiger partial charge in [-0.05, 0) is 45.1 Å². The first-order valence-corrected chi connectivity index (χ1v) is 8.96. The largest absolute Gasteiger partial charge is 0.314 e. The molecule has 1 aliphatic carbocycles. The second-order valence-corrected chi connectivity index (χ2v) is 7.51. The van der Waals surface area contributed by atoms with Gasteiger partial charge in [0.25, 0.3) is 0 Å².